The van der Waals surface area contributed by atoms with Crippen LogP contribution in [0, 0.1) is 0 Å². The number of hydrogen-bond acceptors (Lipinski definition) is 5. The van der Waals surface area contributed by atoms with Crippen LogP contribution in [-0.4, -0.2) is 57.5 Å². The number of rotatable bonds is 4. The number of pyridine rings is 1. The molecule has 0 unspecified atom stereocenters. The van der Waals surface area contributed by atoms with Gasteiger partial charge < -0.3 is 9.80 Å². The highest BCUT2D eigenvalue weighted by Crippen LogP contribution is 2.18. The third kappa shape index (κ3) is 3.64. The normalized spacial score (nSPS) is 14.2. The number of benzene rings is 1. The molecule has 3 heterocycles. The van der Waals surface area contributed by atoms with Gasteiger partial charge in [0.2, 0.25) is 0 Å². The highest BCUT2D eigenvalue weighted by atomic mass is 16.2. The molecule has 1 aliphatic rings. The van der Waals surface area contributed by atoms with Crippen LogP contribution < -0.4 is 4.90 Å². The average molecular weight is 375 g/mol. The summed E-state index contributed by atoms with van der Waals surface area (Å²) >= 11 is 0. The van der Waals surface area contributed by atoms with Crippen LogP contribution in [0.1, 0.15) is 27.6 Å². The van der Waals surface area contributed by atoms with Crippen LogP contribution in [0.4, 0.5) is 5.69 Å². The molecule has 0 N–H and O–H groups in total. The number of ketones is 1. The number of anilines is 1. The van der Waals surface area contributed by atoms with Crippen LogP contribution in [0.15, 0.2) is 61.1 Å². The molecular formula is C21H21N5O2. The highest BCUT2D eigenvalue weighted by Gasteiger charge is 2.22. The number of carbonyl (C=O) groups excluding carboxylic acids is 2. The van der Waals surface area contributed by atoms with Crippen molar-refractivity contribution in [3.05, 3.63) is 72.2 Å². The van der Waals surface area contributed by atoms with E-state index < -0.39 is 0 Å². The maximum atomic E-state index is 12.8. The van der Waals surface area contributed by atoms with Gasteiger partial charge in [-0.3, -0.25) is 9.59 Å². The van der Waals surface area contributed by atoms with Crippen LogP contribution in [0.25, 0.3) is 5.82 Å². The molecule has 0 atom stereocenters. The summed E-state index contributed by atoms with van der Waals surface area (Å²) in [4.78, 5) is 32.6. The van der Waals surface area contributed by atoms with E-state index in [-0.39, 0.29) is 11.7 Å². The van der Waals surface area contributed by atoms with E-state index in [1.807, 2.05) is 41.4 Å². The Balaban J connectivity index is 1.38. The van der Waals surface area contributed by atoms with E-state index in [1.165, 1.54) is 0 Å². The number of nitrogens with zero attached hydrogens (tertiary/aromatic N) is 5. The minimum Gasteiger partial charge on any atom is -0.368 e. The van der Waals surface area contributed by atoms with Gasteiger partial charge in [-0.15, -0.1) is 0 Å². The zero-order chi connectivity index (χ0) is 19.5. The van der Waals surface area contributed by atoms with E-state index in [0.29, 0.717) is 30.0 Å². The Hall–Kier alpha value is -3.48. The first-order valence-corrected chi connectivity index (χ1v) is 9.23. The van der Waals surface area contributed by atoms with Gasteiger partial charge in [0, 0.05) is 56.0 Å². The molecule has 2 aromatic heterocycles. The lowest BCUT2D eigenvalue weighted by molar-refractivity contribution is 0.0746. The maximum Gasteiger partial charge on any atom is 0.255 e. The summed E-state index contributed by atoms with van der Waals surface area (Å²) in [5.74, 6) is 0.737. The fraction of sp³-hybridized carbons (Fsp3) is 0.238. The first kappa shape index (κ1) is 17.9. The molecule has 142 valence electrons. The van der Waals surface area contributed by atoms with Gasteiger partial charge in [-0.25, -0.2) is 9.67 Å². The van der Waals surface area contributed by atoms with Crippen molar-refractivity contribution in [2.75, 3.05) is 31.1 Å². The zero-order valence-electron chi connectivity index (χ0n) is 15.7. The quantitative estimate of drug-likeness (QED) is 0.655. The van der Waals surface area contributed by atoms with Crippen molar-refractivity contribution in [2.45, 2.75) is 6.92 Å². The second kappa shape index (κ2) is 7.64. The van der Waals surface area contributed by atoms with E-state index in [0.717, 1.165) is 18.8 Å². The van der Waals surface area contributed by atoms with E-state index in [9.17, 15) is 9.59 Å². The average Bonchev–Trinajstić information content (AvgIpc) is 3.28. The molecule has 1 aliphatic heterocycles. The fourth-order valence-electron chi connectivity index (χ4n) is 3.31. The third-order valence-electron chi connectivity index (χ3n) is 4.94. The lowest BCUT2D eigenvalue weighted by atomic mass is 10.1. The van der Waals surface area contributed by atoms with E-state index in [2.05, 4.69) is 15.0 Å². The van der Waals surface area contributed by atoms with Gasteiger partial charge >= 0.3 is 0 Å². The van der Waals surface area contributed by atoms with Gasteiger partial charge in [0.05, 0.1) is 5.56 Å². The van der Waals surface area contributed by atoms with Gasteiger partial charge in [0.1, 0.15) is 0 Å². The molecule has 1 fully saturated rings. The Labute approximate surface area is 163 Å². The smallest absolute Gasteiger partial charge is 0.255 e. The van der Waals surface area contributed by atoms with Gasteiger partial charge in [-0.1, -0.05) is 0 Å². The van der Waals surface area contributed by atoms with Crippen molar-refractivity contribution < 1.29 is 9.59 Å². The largest absolute Gasteiger partial charge is 0.368 e. The first-order chi connectivity index (χ1) is 13.6. The van der Waals surface area contributed by atoms with E-state index in [1.54, 1.807) is 36.1 Å². The van der Waals surface area contributed by atoms with Crippen molar-refractivity contribution in [1.82, 2.24) is 19.7 Å². The Bertz CT molecular complexity index is 957. The molecule has 4 rings (SSSR count). The fourth-order valence-corrected chi connectivity index (χ4v) is 3.31. The number of amides is 1. The summed E-state index contributed by atoms with van der Waals surface area (Å²) in [6.07, 6.45) is 5.10. The minimum absolute atomic E-state index is 0.00825. The van der Waals surface area contributed by atoms with Crippen molar-refractivity contribution in [1.29, 1.82) is 0 Å². The highest BCUT2D eigenvalue weighted by molar-refractivity contribution is 5.95. The molecule has 28 heavy (non-hydrogen) atoms. The van der Waals surface area contributed by atoms with E-state index in [4.69, 9.17) is 0 Å². The van der Waals surface area contributed by atoms with Crippen LogP contribution in [0.3, 0.4) is 0 Å². The van der Waals surface area contributed by atoms with Crippen LogP contribution >= 0.6 is 0 Å². The summed E-state index contributed by atoms with van der Waals surface area (Å²) in [5, 5.41) is 4.14. The van der Waals surface area contributed by atoms with Crippen molar-refractivity contribution in [3.63, 3.8) is 0 Å². The van der Waals surface area contributed by atoms with E-state index >= 15 is 0 Å². The topological polar surface area (TPSA) is 71.3 Å². The van der Waals surface area contributed by atoms with Crippen LogP contribution in [-0.2, 0) is 0 Å². The summed E-state index contributed by atoms with van der Waals surface area (Å²) in [5.41, 5.74) is 2.36. The molecule has 1 aromatic carbocycles. The molecule has 0 radical (unpaired) electrons. The van der Waals surface area contributed by atoms with Crippen molar-refractivity contribution in [3.8, 4) is 5.82 Å². The Kier molecular flexibility index (Phi) is 4.89. The molecule has 0 spiro atoms. The molecule has 7 nitrogen and oxygen atoms in total. The molecular weight excluding hydrogens is 354 g/mol. The minimum atomic E-state index is -0.00825. The van der Waals surface area contributed by atoms with Crippen LogP contribution in [0.2, 0.25) is 0 Å². The predicted molar refractivity (Wildman–Crippen MR) is 106 cm³/mol. The summed E-state index contributed by atoms with van der Waals surface area (Å²) in [7, 11) is 0. The molecule has 0 saturated carbocycles. The summed E-state index contributed by atoms with van der Waals surface area (Å²) in [6, 6.07) is 13.0. The lowest BCUT2D eigenvalue weighted by Gasteiger charge is -2.36. The number of Topliss-reactive ketones (excluding diaryl/α,β-unsaturated/α-hetero) is 1. The first-order valence-electron chi connectivity index (χ1n) is 9.23. The van der Waals surface area contributed by atoms with Gasteiger partial charge in [-0.05, 0) is 49.4 Å². The van der Waals surface area contributed by atoms with Crippen molar-refractivity contribution in [2.24, 2.45) is 0 Å². The Morgan fingerprint density at radius 3 is 2.21 bits per heavy atom. The maximum absolute atomic E-state index is 12.8. The lowest BCUT2D eigenvalue weighted by Crippen LogP contribution is -2.48. The van der Waals surface area contributed by atoms with Crippen molar-refractivity contribution >= 4 is 17.4 Å². The SMILES string of the molecule is CC(=O)c1ccc(N2CCN(C(=O)c3ccc(-n4cccn4)nc3)CC2)cc1. The predicted octanol–water partition coefficient (Wildman–Crippen LogP) is 2.43. The standard InChI is InChI=1S/C21H21N5O2/c1-16(27)17-3-6-19(7-4-17)24-11-13-25(14-12-24)21(28)18-5-8-20(22-15-18)26-10-2-9-23-26/h2-10,15H,11-14H2,1H3. The second-order valence-corrected chi connectivity index (χ2v) is 6.74. The number of hydrogen-bond donors (Lipinski definition) is 0. The number of piperazine rings is 1. The molecule has 1 saturated heterocycles. The molecule has 7 heteroatoms. The molecule has 0 aliphatic carbocycles. The molecule has 3 aromatic rings. The zero-order valence-corrected chi connectivity index (χ0v) is 15.7. The molecule has 0 bridgehead atoms. The van der Waals surface area contributed by atoms with Gasteiger partial charge in [-0.2, -0.15) is 5.10 Å². The van der Waals surface area contributed by atoms with Crippen LogP contribution in [0.5, 0.6) is 0 Å². The number of carbonyl (C=O) groups is 2. The third-order valence-corrected chi connectivity index (χ3v) is 4.94. The van der Waals surface area contributed by atoms with Gasteiger partial charge in [0.15, 0.2) is 11.6 Å². The Morgan fingerprint density at radius 1 is 0.929 bits per heavy atom. The monoisotopic (exact) mass is 375 g/mol. The Morgan fingerprint density at radius 2 is 1.64 bits per heavy atom. The second-order valence-electron chi connectivity index (χ2n) is 6.74. The summed E-state index contributed by atoms with van der Waals surface area (Å²) in [6.45, 7) is 4.37. The number of aromatic nitrogens is 3. The summed E-state index contributed by atoms with van der Waals surface area (Å²) < 4.78 is 1.66. The van der Waals surface area contributed by atoms with Gasteiger partial charge in [0.25, 0.3) is 5.91 Å². The molecule has 1 amide bonds.